The molecule has 1 aliphatic heterocycles. The lowest BCUT2D eigenvalue weighted by Crippen LogP contribution is -2.29. The van der Waals surface area contributed by atoms with Crippen molar-refractivity contribution >= 4 is 23.5 Å². The molecule has 0 bridgehead atoms. The van der Waals surface area contributed by atoms with Crippen molar-refractivity contribution in [2.24, 2.45) is 0 Å². The minimum absolute atomic E-state index is 0.00302. The van der Waals surface area contributed by atoms with Gasteiger partial charge in [0.15, 0.2) is 0 Å². The summed E-state index contributed by atoms with van der Waals surface area (Å²) < 4.78 is 0. The van der Waals surface area contributed by atoms with Gasteiger partial charge in [-0.05, 0) is 36.2 Å². The molecule has 0 spiro atoms. The summed E-state index contributed by atoms with van der Waals surface area (Å²) in [6.45, 7) is 2.08. The number of rotatable bonds is 6. The van der Waals surface area contributed by atoms with Crippen LogP contribution in [0.5, 0.6) is 0 Å². The Labute approximate surface area is 152 Å². The number of hydrogen-bond acceptors (Lipinski definition) is 3. The molecule has 0 radical (unpaired) electrons. The first-order chi connectivity index (χ1) is 12.6. The summed E-state index contributed by atoms with van der Waals surface area (Å²) in [5.41, 5.74) is 2.17. The fourth-order valence-electron chi connectivity index (χ4n) is 2.98. The van der Waals surface area contributed by atoms with E-state index in [0.29, 0.717) is 11.3 Å². The lowest BCUT2D eigenvalue weighted by Gasteiger charge is -2.19. The van der Waals surface area contributed by atoms with Gasteiger partial charge in [0.1, 0.15) is 6.54 Å². The smallest absolute Gasteiger partial charge is 0.329 e. The maximum Gasteiger partial charge on any atom is 0.329 e. The van der Waals surface area contributed by atoms with Gasteiger partial charge >= 0.3 is 6.03 Å². The number of carbonyl (C=O) groups is 3. The third kappa shape index (κ3) is 3.91. The monoisotopic (exact) mass is 351 g/mol. The average molecular weight is 351 g/mol. The second kappa shape index (κ2) is 7.82. The number of amides is 4. The molecule has 6 heteroatoms. The van der Waals surface area contributed by atoms with Crippen molar-refractivity contribution in [1.29, 1.82) is 0 Å². The Balaban J connectivity index is 1.71. The quantitative estimate of drug-likeness (QED) is 0.785. The SMILES string of the molecule is CCC[C@H](NC(=O)c1ccc(N2CC(=O)NC2=O)cc1)c1ccccc1. The maximum absolute atomic E-state index is 12.6. The maximum atomic E-state index is 12.6. The third-order valence-corrected chi connectivity index (χ3v) is 4.32. The molecule has 26 heavy (non-hydrogen) atoms. The molecule has 1 atom stereocenters. The number of urea groups is 1. The van der Waals surface area contributed by atoms with E-state index in [-0.39, 0.29) is 24.4 Å². The highest BCUT2D eigenvalue weighted by Crippen LogP contribution is 2.21. The summed E-state index contributed by atoms with van der Waals surface area (Å²) >= 11 is 0. The average Bonchev–Trinajstić information content (AvgIpc) is 3.00. The van der Waals surface area contributed by atoms with Crippen LogP contribution >= 0.6 is 0 Å². The molecular weight excluding hydrogens is 330 g/mol. The predicted molar refractivity (Wildman–Crippen MR) is 98.9 cm³/mol. The van der Waals surface area contributed by atoms with Crippen molar-refractivity contribution in [2.45, 2.75) is 25.8 Å². The highest BCUT2D eigenvalue weighted by molar-refractivity contribution is 6.12. The second-order valence-corrected chi connectivity index (χ2v) is 6.21. The van der Waals surface area contributed by atoms with Crippen LogP contribution in [0.2, 0.25) is 0 Å². The van der Waals surface area contributed by atoms with E-state index in [1.807, 2.05) is 30.3 Å². The molecule has 3 rings (SSSR count). The molecule has 134 valence electrons. The van der Waals surface area contributed by atoms with Gasteiger partial charge in [0, 0.05) is 11.3 Å². The summed E-state index contributed by atoms with van der Waals surface area (Å²) in [5.74, 6) is -0.497. The molecular formula is C20H21N3O3. The van der Waals surface area contributed by atoms with Gasteiger partial charge in [0.05, 0.1) is 6.04 Å². The van der Waals surface area contributed by atoms with Gasteiger partial charge in [-0.3, -0.25) is 19.8 Å². The molecule has 0 saturated carbocycles. The molecule has 2 N–H and O–H groups in total. The van der Waals surface area contributed by atoms with Crippen molar-refractivity contribution in [2.75, 3.05) is 11.4 Å². The number of hydrogen-bond donors (Lipinski definition) is 2. The molecule has 0 aliphatic carbocycles. The normalized spacial score (nSPS) is 14.9. The number of benzene rings is 2. The number of nitrogens with zero attached hydrogens (tertiary/aromatic N) is 1. The van der Waals surface area contributed by atoms with E-state index in [1.165, 1.54) is 4.90 Å². The van der Waals surface area contributed by atoms with Crippen LogP contribution in [-0.2, 0) is 4.79 Å². The van der Waals surface area contributed by atoms with Crippen LogP contribution in [0.1, 0.15) is 41.7 Å². The highest BCUT2D eigenvalue weighted by Gasteiger charge is 2.28. The Morgan fingerprint density at radius 3 is 2.38 bits per heavy atom. The summed E-state index contributed by atoms with van der Waals surface area (Å²) in [5, 5.41) is 5.30. The van der Waals surface area contributed by atoms with Gasteiger partial charge in [-0.15, -0.1) is 0 Å². The van der Waals surface area contributed by atoms with Crippen LogP contribution < -0.4 is 15.5 Å². The molecule has 6 nitrogen and oxygen atoms in total. The molecule has 1 heterocycles. The van der Waals surface area contributed by atoms with Crippen LogP contribution in [0.25, 0.3) is 0 Å². The Morgan fingerprint density at radius 1 is 1.12 bits per heavy atom. The van der Waals surface area contributed by atoms with Crippen molar-refractivity contribution in [3.8, 4) is 0 Å². The Bertz CT molecular complexity index is 803. The van der Waals surface area contributed by atoms with E-state index in [2.05, 4.69) is 17.6 Å². The van der Waals surface area contributed by atoms with Crippen molar-refractivity contribution in [3.05, 3.63) is 65.7 Å². The molecule has 0 aromatic heterocycles. The summed E-state index contributed by atoms with van der Waals surface area (Å²) in [6, 6.07) is 16.1. The molecule has 4 amide bonds. The molecule has 1 fully saturated rings. The van der Waals surface area contributed by atoms with Crippen LogP contribution in [0.15, 0.2) is 54.6 Å². The number of imide groups is 1. The van der Waals surface area contributed by atoms with Gasteiger partial charge in [-0.25, -0.2) is 4.79 Å². The fourth-order valence-corrected chi connectivity index (χ4v) is 2.98. The topological polar surface area (TPSA) is 78.5 Å². The van der Waals surface area contributed by atoms with Crippen molar-refractivity contribution in [1.82, 2.24) is 10.6 Å². The first kappa shape index (κ1) is 17.7. The van der Waals surface area contributed by atoms with Crippen LogP contribution in [-0.4, -0.2) is 24.4 Å². The Morgan fingerprint density at radius 2 is 1.81 bits per heavy atom. The summed E-state index contributed by atoms with van der Waals surface area (Å²) in [4.78, 5) is 36.9. The molecule has 1 saturated heterocycles. The number of anilines is 1. The van der Waals surface area contributed by atoms with Crippen molar-refractivity contribution < 1.29 is 14.4 Å². The first-order valence-corrected chi connectivity index (χ1v) is 8.65. The zero-order chi connectivity index (χ0) is 18.5. The Kier molecular flexibility index (Phi) is 5.31. The minimum Gasteiger partial charge on any atom is -0.345 e. The summed E-state index contributed by atoms with van der Waals surface area (Å²) in [6.07, 6.45) is 1.81. The van der Waals surface area contributed by atoms with E-state index >= 15 is 0 Å². The number of nitrogens with one attached hydrogen (secondary N) is 2. The van der Waals surface area contributed by atoms with Crippen LogP contribution in [0.3, 0.4) is 0 Å². The van der Waals surface area contributed by atoms with E-state index in [1.54, 1.807) is 24.3 Å². The molecule has 2 aromatic rings. The zero-order valence-corrected chi connectivity index (χ0v) is 14.6. The van der Waals surface area contributed by atoms with Gasteiger partial charge in [-0.1, -0.05) is 43.7 Å². The first-order valence-electron chi connectivity index (χ1n) is 8.65. The van der Waals surface area contributed by atoms with Gasteiger partial charge < -0.3 is 5.32 Å². The second-order valence-electron chi connectivity index (χ2n) is 6.21. The van der Waals surface area contributed by atoms with E-state index < -0.39 is 6.03 Å². The van der Waals surface area contributed by atoms with E-state index in [9.17, 15) is 14.4 Å². The minimum atomic E-state index is -0.445. The van der Waals surface area contributed by atoms with Gasteiger partial charge in [0.2, 0.25) is 5.91 Å². The van der Waals surface area contributed by atoms with Crippen LogP contribution in [0, 0.1) is 0 Å². The Hall–Kier alpha value is -3.15. The number of carbonyl (C=O) groups excluding carboxylic acids is 3. The lowest BCUT2D eigenvalue weighted by atomic mass is 10.0. The lowest BCUT2D eigenvalue weighted by molar-refractivity contribution is -0.117. The molecule has 1 aliphatic rings. The van der Waals surface area contributed by atoms with E-state index in [0.717, 1.165) is 18.4 Å². The predicted octanol–water partition coefficient (Wildman–Crippen LogP) is 3.01. The standard InChI is InChI=1S/C20H21N3O3/c1-2-6-17(14-7-4-3-5-8-14)21-19(25)15-9-11-16(12-10-15)23-13-18(24)22-20(23)26/h3-5,7-12,17H,2,6,13H2,1H3,(H,21,25)(H,22,24,26)/t17-/m0/s1. The third-order valence-electron chi connectivity index (χ3n) is 4.32. The molecule has 2 aromatic carbocycles. The van der Waals surface area contributed by atoms with Crippen LogP contribution in [0.4, 0.5) is 10.5 Å². The summed E-state index contributed by atoms with van der Waals surface area (Å²) in [7, 11) is 0. The highest BCUT2D eigenvalue weighted by atomic mass is 16.2. The van der Waals surface area contributed by atoms with Crippen molar-refractivity contribution in [3.63, 3.8) is 0 Å². The van der Waals surface area contributed by atoms with E-state index in [4.69, 9.17) is 0 Å². The molecule has 0 unspecified atom stereocenters. The van der Waals surface area contributed by atoms with Gasteiger partial charge in [0.25, 0.3) is 5.91 Å². The zero-order valence-electron chi connectivity index (χ0n) is 14.6. The fraction of sp³-hybridized carbons (Fsp3) is 0.250. The van der Waals surface area contributed by atoms with Gasteiger partial charge in [-0.2, -0.15) is 0 Å². The largest absolute Gasteiger partial charge is 0.345 e.